The highest BCUT2D eigenvalue weighted by molar-refractivity contribution is 7.75. The van der Waals surface area contributed by atoms with Crippen molar-refractivity contribution in [2.75, 3.05) is 13.2 Å². The normalized spacial score (nSPS) is 30.8. The average molecular weight is 329 g/mol. The molecule has 2 saturated heterocycles. The molecule has 2 aliphatic heterocycles. The van der Waals surface area contributed by atoms with Crippen LogP contribution in [0.1, 0.15) is 6.04 Å². The summed E-state index contributed by atoms with van der Waals surface area (Å²) < 4.78 is 30.5. The van der Waals surface area contributed by atoms with Crippen LogP contribution in [0.3, 0.4) is 0 Å². The first-order valence-corrected chi connectivity index (χ1v) is 8.64. The number of benzene rings is 2. The molecule has 0 bridgehead atoms. The smallest absolute Gasteiger partial charge is 0.305 e. The van der Waals surface area contributed by atoms with Crippen molar-refractivity contribution in [2.45, 2.75) is 18.2 Å². The van der Waals surface area contributed by atoms with E-state index in [2.05, 4.69) is 28.8 Å². The first-order chi connectivity index (χ1) is 11.3. The number of ether oxygens (including phenoxy) is 1. The number of fused-ring (bicyclic) bond motifs is 4. The molecule has 3 aromatic rings. The van der Waals surface area contributed by atoms with Crippen LogP contribution in [-0.2, 0) is 24.5 Å². The van der Waals surface area contributed by atoms with Gasteiger partial charge in [0.05, 0.1) is 19.3 Å². The number of hydrogen-bond donors (Lipinski definition) is 0. The fraction of sp³-hybridized carbons (Fsp3) is 0.294. The van der Waals surface area contributed by atoms with E-state index in [1.165, 1.54) is 10.8 Å². The maximum Gasteiger partial charge on any atom is 0.305 e. The van der Waals surface area contributed by atoms with Gasteiger partial charge in [0.1, 0.15) is 12.2 Å². The van der Waals surface area contributed by atoms with E-state index in [4.69, 9.17) is 13.1 Å². The Bertz CT molecular complexity index is 868. The van der Waals surface area contributed by atoms with Gasteiger partial charge in [0.2, 0.25) is 0 Å². The molecular formula is C17H15NO4S. The molecule has 0 radical (unpaired) electrons. The summed E-state index contributed by atoms with van der Waals surface area (Å²) in [5.74, 6) is 0. The molecule has 5 nitrogen and oxygen atoms in total. The van der Waals surface area contributed by atoms with E-state index in [9.17, 15) is 4.21 Å². The standard InChI is InChI=1S/C17H15NO4S/c19-23-21-16-10-20-9-15(17(16)22-23)18-13-7-3-1-5-11(13)12-6-2-4-8-14(12)18/h1-8,15-17H,9-10H2/t15?,16-,17+,23?/m0/s1. The first-order valence-electron chi connectivity index (χ1n) is 7.64. The van der Waals surface area contributed by atoms with Gasteiger partial charge >= 0.3 is 11.4 Å². The molecule has 2 fully saturated rings. The molecule has 2 aliphatic rings. The Labute approximate surface area is 135 Å². The van der Waals surface area contributed by atoms with Crippen LogP contribution >= 0.6 is 0 Å². The minimum Gasteiger partial charge on any atom is -0.376 e. The Kier molecular flexibility index (Phi) is 3.06. The van der Waals surface area contributed by atoms with Crippen LogP contribution in [0, 0.1) is 0 Å². The van der Waals surface area contributed by atoms with Crippen LogP contribution in [0.5, 0.6) is 0 Å². The van der Waals surface area contributed by atoms with E-state index in [1.54, 1.807) is 0 Å². The second-order valence-electron chi connectivity index (χ2n) is 5.91. The van der Waals surface area contributed by atoms with E-state index in [0.717, 1.165) is 11.0 Å². The zero-order valence-electron chi connectivity index (χ0n) is 12.3. The first kappa shape index (κ1) is 13.7. The summed E-state index contributed by atoms with van der Waals surface area (Å²) >= 11 is -1.69. The Morgan fingerprint density at radius 1 is 0.913 bits per heavy atom. The van der Waals surface area contributed by atoms with Crippen LogP contribution in [0.15, 0.2) is 48.5 Å². The second kappa shape index (κ2) is 5.14. The highest BCUT2D eigenvalue weighted by Crippen LogP contribution is 2.38. The molecule has 6 heteroatoms. The Balaban J connectivity index is 1.76. The summed E-state index contributed by atoms with van der Waals surface area (Å²) in [6.45, 7) is 0.939. The van der Waals surface area contributed by atoms with Crippen LogP contribution < -0.4 is 0 Å². The van der Waals surface area contributed by atoms with Gasteiger partial charge in [-0.1, -0.05) is 36.4 Å². The molecule has 4 atom stereocenters. The molecule has 3 heterocycles. The van der Waals surface area contributed by atoms with Crippen molar-refractivity contribution >= 4 is 33.2 Å². The maximum atomic E-state index is 11.7. The SMILES string of the molecule is O=S1O[C@H]2COCC(n3c4ccccc4c4ccccc43)[C@H]2O1. The summed E-state index contributed by atoms with van der Waals surface area (Å²) in [6.07, 6.45) is -0.543. The maximum absolute atomic E-state index is 11.7. The molecule has 0 saturated carbocycles. The van der Waals surface area contributed by atoms with E-state index in [-0.39, 0.29) is 18.2 Å². The monoisotopic (exact) mass is 329 g/mol. The zero-order valence-corrected chi connectivity index (χ0v) is 13.1. The molecule has 0 amide bonds. The molecule has 0 spiro atoms. The number of para-hydroxylation sites is 2. The fourth-order valence-corrected chi connectivity index (χ4v) is 4.54. The average Bonchev–Trinajstić information content (AvgIpc) is 3.12. The molecule has 5 rings (SSSR count). The van der Waals surface area contributed by atoms with Gasteiger partial charge in [-0.3, -0.25) is 8.37 Å². The lowest BCUT2D eigenvalue weighted by atomic mass is 10.0. The van der Waals surface area contributed by atoms with Gasteiger partial charge in [-0.05, 0) is 12.1 Å². The van der Waals surface area contributed by atoms with Crippen molar-refractivity contribution in [1.82, 2.24) is 4.57 Å². The summed E-state index contributed by atoms with van der Waals surface area (Å²) in [4.78, 5) is 0. The van der Waals surface area contributed by atoms with Crippen LogP contribution in [0.4, 0.5) is 0 Å². The molecule has 1 aromatic heterocycles. The van der Waals surface area contributed by atoms with E-state index < -0.39 is 11.4 Å². The minimum absolute atomic E-state index is 0.0648. The van der Waals surface area contributed by atoms with E-state index >= 15 is 0 Å². The van der Waals surface area contributed by atoms with E-state index in [0.29, 0.717) is 13.2 Å². The summed E-state index contributed by atoms with van der Waals surface area (Å²) in [6, 6.07) is 16.5. The predicted octanol–water partition coefficient (Wildman–Crippen LogP) is 2.73. The summed E-state index contributed by atoms with van der Waals surface area (Å²) in [5, 5.41) is 2.40. The van der Waals surface area contributed by atoms with Gasteiger partial charge in [0.15, 0.2) is 0 Å². The third-order valence-electron chi connectivity index (χ3n) is 4.66. The van der Waals surface area contributed by atoms with Gasteiger partial charge in [-0.15, -0.1) is 0 Å². The number of aromatic nitrogens is 1. The van der Waals surface area contributed by atoms with Gasteiger partial charge in [0, 0.05) is 21.8 Å². The molecule has 0 N–H and O–H groups in total. The van der Waals surface area contributed by atoms with Crippen molar-refractivity contribution in [2.24, 2.45) is 0 Å². The number of nitrogens with zero attached hydrogens (tertiary/aromatic N) is 1. The van der Waals surface area contributed by atoms with E-state index in [1.807, 2.05) is 24.3 Å². The Morgan fingerprint density at radius 3 is 2.26 bits per heavy atom. The third kappa shape index (κ3) is 1.99. The third-order valence-corrected chi connectivity index (χ3v) is 5.44. The van der Waals surface area contributed by atoms with Crippen LogP contribution in [0.25, 0.3) is 21.8 Å². The molecule has 0 aliphatic carbocycles. The lowest BCUT2D eigenvalue weighted by molar-refractivity contribution is -0.0519. The minimum atomic E-state index is -1.69. The molecular weight excluding hydrogens is 314 g/mol. The fourth-order valence-electron chi connectivity index (χ4n) is 3.70. The number of hydrogen-bond acceptors (Lipinski definition) is 4. The largest absolute Gasteiger partial charge is 0.376 e. The van der Waals surface area contributed by atoms with Crippen molar-refractivity contribution in [3.63, 3.8) is 0 Å². The summed E-state index contributed by atoms with van der Waals surface area (Å²) in [7, 11) is 0. The predicted molar refractivity (Wildman–Crippen MR) is 87.2 cm³/mol. The van der Waals surface area contributed by atoms with Crippen molar-refractivity contribution in [3.05, 3.63) is 48.5 Å². The van der Waals surface area contributed by atoms with Crippen molar-refractivity contribution in [3.8, 4) is 0 Å². The lowest BCUT2D eigenvalue weighted by Crippen LogP contribution is -2.43. The highest BCUT2D eigenvalue weighted by atomic mass is 32.2. The molecule has 118 valence electrons. The molecule has 2 unspecified atom stereocenters. The second-order valence-corrected chi connectivity index (χ2v) is 6.70. The van der Waals surface area contributed by atoms with Gasteiger partial charge in [0.25, 0.3) is 0 Å². The molecule has 2 aromatic carbocycles. The highest BCUT2D eigenvalue weighted by Gasteiger charge is 2.45. The van der Waals surface area contributed by atoms with Crippen molar-refractivity contribution < 1.29 is 17.3 Å². The lowest BCUT2D eigenvalue weighted by Gasteiger charge is -2.32. The summed E-state index contributed by atoms with van der Waals surface area (Å²) in [5.41, 5.74) is 2.26. The van der Waals surface area contributed by atoms with Gasteiger partial charge in [-0.25, -0.2) is 0 Å². The van der Waals surface area contributed by atoms with Crippen LogP contribution in [0.2, 0.25) is 0 Å². The van der Waals surface area contributed by atoms with Crippen LogP contribution in [-0.4, -0.2) is 34.2 Å². The Morgan fingerprint density at radius 2 is 1.57 bits per heavy atom. The number of rotatable bonds is 1. The topological polar surface area (TPSA) is 49.7 Å². The molecule has 23 heavy (non-hydrogen) atoms. The van der Waals surface area contributed by atoms with Gasteiger partial charge in [-0.2, -0.15) is 4.21 Å². The zero-order chi connectivity index (χ0) is 15.4. The Hall–Kier alpha value is -1.73. The quantitative estimate of drug-likeness (QED) is 0.689. The van der Waals surface area contributed by atoms with Crippen molar-refractivity contribution in [1.29, 1.82) is 0 Å². The van der Waals surface area contributed by atoms with Gasteiger partial charge < -0.3 is 9.30 Å².